The van der Waals surface area contributed by atoms with E-state index in [1.54, 1.807) is 0 Å². The lowest BCUT2D eigenvalue weighted by molar-refractivity contribution is 0.0299. The molecule has 0 radical (unpaired) electrons. The third kappa shape index (κ3) is 2.57. The highest BCUT2D eigenvalue weighted by Crippen LogP contribution is 2.30. The lowest BCUT2D eigenvalue weighted by atomic mass is 10.0. The number of rotatable bonds is 2. The molecule has 0 amide bonds. The quantitative estimate of drug-likeness (QED) is 0.884. The Labute approximate surface area is 115 Å². The molecule has 3 rings (SSSR count). The molecule has 3 nitrogen and oxygen atoms in total. The zero-order chi connectivity index (χ0) is 13.2. The van der Waals surface area contributed by atoms with E-state index in [0.717, 1.165) is 26.1 Å². The molecule has 1 N–H and O–H groups in total. The number of nitrogens with zero attached hydrogens (tertiary/aromatic N) is 1. The Kier molecular flexibility index (Phi) is 3.65. The second kappa shape index (κ2) is 5.41. The highest BCUT2D eigenvalue weighted by atomic mass is 16.5. The van der Waals surface area contributed by atoms with Gasteiger partial charge in [-0.25, -0.2) is 0 Å². The predicted molar refractivity (Wildman–Crippen MR) is 80.1 cm³/mol. The molecule has 0 aromatic heterocycles. The van der Waals surface area contributed by atoms with Crippen LogP contribution in [-0.2, 0) is 11.2 Å². The van der Waals surface area contributed by atoms with E-state index in [1.807, 2.05) is 0 Å². The van der Waals surface area contributed by atoms with Crippen molar-refractivity contribution in [2.45, 2.75) is 45.3 Å². The smallest absolute Gasteiger partial charge is 0.0723 e. The Morgan fingerprint density at radius 1 is 1.42 bits per heavy atom. The van der Waals surface area contributed by atoms with Gasteiger partial charge in [0.15, 0.2) is 0 Å². The fourth-order valence-corrected chi connectivity index (χ4v) is 3.14. The van der Waals surface area contributed by atoms with Crippen molar-refractivity contribution in [1.82, 2.24) is 0 Å². The molecular formula is C16H24N2O. The number of ether oxygens (including phenoxy) is 1. The van der Waals surface area contributed by atoms with E-state index >= 15 is 0 Å². The minimum Gasteiger partial charge on any atom is -0.385 e. The monoisotopic (exact) mass is 260 g/mol. The molecule has 0 aliphatic carbocycles. The minimum atomic E-state index is 0.331. The van der Waals surface area contributed by atoms with Crippen molar-refractivity contribution in [3.05, 3.63) is 23.8 Å². The maximum absolute atomic E-state index is 5.79. The van der Waals surface area contributed by atoms with Crippen molar-refractivity contribution in [1.29, 1.82) is 0 Å². The van der Waals surface area contributed by atoms with Gasteiger partial charge in [-0.15, -0.1) is 0 Å². The predicted octanol–water partition coefficient (Wildman–Crippen LogP) is 3.05. The molecular weight excluding hydrogens is 236 g/mol. The molecule has 0 saturated carbocycles. The van der Waals surface area contributed by atoms with Gasteiger partial charge < -0.3 is 15.0 Å². The number of hydrogen-bond donors (Lipinski definition) is 1. The molecule has 3 heteroatoms. The molecule has 2 aliphatic heterocycles. The summed E-state index contributed by atoms with van der Waals surface area (Å²) in [6.45, 7) is 7.38. The van der Waals surface area contributed by atoms with E-state index in [4.69, 9.17) is 4.74 Å². The topological polar surface area (TPSA) is 24.5 Å². The first kappa shape index (κ1) is 12.8. The molecule has 1 fully saturated rings. The second-order valence-electron chi connectivity index (χ2n) is 5.73. The van der Waals surface area contributed by atoms with E-state index in [2.05, 4.69) is 42.3 Å². The Hall–Kier alpha value is -1.22. The first-order valence-corrected chi connectivity index (χ1v) is 7.53. The maximum atomic E-state index is 5.79. The van der Waals surface area contributed by atoms with Crippen LogP contribution in [0.1, 0.15) is 32.3 Å². The fourth-order valence-electron chi connectivity index (χ4n) is 3.14. The van der Waals surface area contributed by atoms with Gasteiger partial charge in [0.1, 0.15) is 0 Å². The number of anilines is 2. The van der Waals surface area contributed by atoms with E-state index in [-0.39, 0.29) is 0 Å². The first-order chi connectivity index (χ1) is 9.28. The van der Waals surface area contributed by atoms with Crippen LogP contribution >= 0.6 is 0 Å². The van der Waals surface area contributed by atoms with Crippen molar-refractivity contribution < 1.29 is 4.74 Å². The van der Waals surface area contributed by atoms with Crippen LogP contribution in [0.2, 0.25) is 0 Å². The van der Waals surface area contributed by atoms with Crippen molar-refractivity contribution in [3.8, 4) is 0 Å². The highest BCUT2D eigenvalue weighted by molar-refractivity contribution is 5.62. The third-order valence-corrected chi connectivity index (χ3v) is 4.30. The average molecular weight is 260 g/mol. The summed E-state index contributed by atoms with van der Waals surface area (Å²) in [4.78, 5) is 2.53. The summed E-state index contributed by atoms with van der Waals surface area (Å²) in [5.41, 5.74) is 4.16. The zero-order valence-electron chi connectivity index (χ0n) is 12.0. The van der Waals surface area contributed by atoms with Crippen molar-refractivity contribution in [2.24, 2.45) is 0 Å². The normalized spacial score (nSPS) is 26.7. The fraction of sp³-hybridized carbons (Fsp3) is 0.625. The van der Waals surface area contributed by atoms with Gasteiger partial charge in [0.2, 0.25) is 0 Å². The molecule has 1 aromatic carbocycles. The number of fused-ring (bicyclic) bond motifs is 1. The first-order valence-electron chi connectivity index (χ1n) is 7.53. The largest absolute Gasteiger partial charge is 0.385 e. The third-order valence-electron chi connectivity index (χ3n) is 4.30. The van der Waals surface area contributed by atoms with Crippen molar-refractivity contribution in [2.75, 3.05) is 29.9 Å². The van der Waals surface area contributed by atoms with Crippen LogP contribution in [-0.4, -0.2) is 31.8 Å². The van der Waals surface area contributed by atoms with Crippen LogP contribution in [0.4, 0.5) is 11.4 Å². The van der Waals surface area contributed by atoms with Crippen LogP contribution in [0.5, 0.6) is 0 Å². The summed E-state index contributed by atoms with van der Waals surface area (Å²) in [7, 11) is 0. The van der Waals surface area contributed by atoms with Gasteiger partial charge in [0.05, 0.1) is 18.8 Å². The van der Waals surface area contributed by atoms with Crippen LogP contribution in [0, 0.1) is 0 Å². The summed E-state index contributed by atoms with van der Waals surface area (Å²) < 4.78 is 5.79. The van der Waals surface area contributed by atoms with E-state index in [9.17, 15) is 0 Å². The van der Waals surface area contributed by atoms with Crippen molar-refractivity contribution in [3.63, 3.8) is 0 Å². The van der Waals surface area contributed by atoms with Crippen LogP contribution in [0.25, 0.3) is 0 Å². The van der Waals surface area contributed by atoms with Gasteiger partial charge in [-0.1, -0.05) is 6.92 Å². The maximum Gasteiger partial charge on any atom is 0.0723 e. The van der Waals surface area contributed by atoms with Gasteiger partial charge in [0, 0.05) is 24.5 Å². The van der Waals surface area contributed by atoms with E-state index < -0.39 is 0 Å². The van der Waals surface area contributed by atoms with Crippen LogP contribution < -0.4 is 10.2 Å². The summed E-state index contributed by atoms with van der Waals surface area (Å²) >= 11 is 0. The zero-order valence-corrected chi connectivity index (χ0v) is 12.0. The lowest BCUT2D eigenvalue weighted by Crippen LogP contribution is -2.48. The summed E-state index contributed by atoms with van der Waals surface area (Å²) in [5, 5.41) is 3.48. The summed E-state index contributed by atoms with van der Waals surface area (Å²) in [6.07, 6.45) is 3.92. The average Bonchev–Trinajstić information content (AvgIpc) is 2.46. The van der Waals surface area contributed by atoms with Crippen LogP contribution in [0.3, 0.4) is 0 Å². The van der Waals surface area contributed by atoms with Crippen molar-refractivity contribution >= 4 is 11.4 Å². The Bertz CT molecular complexity index is 446. The van der Waals surface area contributed by atoms with Gasteiger partial charge in [0.25, 0.3) is 0 Å². The lowest BCUT2D eigenvalue weighted by Gasteiger charge is -2.40. The molecule has 1 aromatic rings. The number of morpholine rings is 1. The number of benzene rings is 1. The molecule has 2 aliphatic rings. The molecule has 0 spiro atoms. The Balaban J connectivity index is 1.87. The van der Waals surface area contributed by atoms with E-state index in [0.29, 0.717) is 12.1 Å². The molecule has 2 heterocycles. The number of aryl methyl sites for hydroxylation is 1. The molecule has 104 valence electrons. The van der Waals surface area contributed by atoms with E-state index in [1.165, 1.54) is 29.8 Å². The Morgan fingerprint density at radius 2 is 2.32 bits per heavy atom. The summed E-state index contributed by atoms with van der Waals surface area (Å²) in [5.74, 6) is 0. The molecule has 2 atom stereocenters. The standard InChI is InChI=1S/C16H24N2O/c1-3-14-11-19-12(2)10-18(14)15-6-7-16-13(9-15)5-4-8-17-16/h6-7,9,12,14,17H,3-5,8,10-11H2,1-2H3. The molecule has 2 unspecified atom stereocenters. The molecule has 1 saturated heterocycles. The van der Waals surface area contributed by atoms with Gasteiger partial charge in [-0.2, -0.15) is 0 Å². The summed E-state index contributed by atoms with van der Waals surface area (Å²) in [6, 6.07) is 7.40. The molecule has 19 heavy (non-hydrogen) atoms. The van der Waals surface area contributed by atoms with Gasteiger partial charge in [-0.3, -0.25) is 0 Å². The number of nitrogens with one attached hydrogen (secondary N) is 1. The SMILES string of the molecule is CCC1COC(C)CN1c1ccc2c(c1)CCCN2. The minimum absolute atomic E-state index is 0.331. The second-order valence-corrected chi connectivity index (χ2v) is 5.73. The Morgan fingerprint density at radius 3 is 3.16 bits per heavy atom. The van der Waals surface area contributed by atoms with Gasteiger partial charge >= 0.3 is 0 Å². The highest BCUT2D eigenvalue weighted by Gasteiger charge is 2.26. The van der Waals surface area contributed by atoms with Gasteiger partial charge in [-0.05, 0) is 49.9 Å². The molecule has 0 bridgehead atoms. The van der Waals surface area contributed by atoms with Crippen LogP contribution in [0.15, 0.2) is 18.2 Å². The number of hydrogen-bond acceptors (Lipinski definition) is 3.